The summed E-state index contributed by atoms with van der Waals surface area (Å²) in [6.45, 7) is 6.57. The Morgan fingerprint density at radius 1 is 1.07 bits per heavy atom. The fourth-order valence-electron chi connectivity index (χ4n) is 2.36. The van der Waals surface area contributed by atoms with Crippen LogP contribution in [0.1, 0.15) is 44.0 Å². The van der Waals surface area contributed by atoms with E-state index in [1.165, 1.54) is 0 Å². The summed E-state index contributed by atoms with van der Waals surface area (Å²) in [4.78, 5) is 12.6. The number of rotatable bonds is 8. The van der Waals surface area contributed by atoms with Gasteiger partial charge in [-0.3, -0.25) is 10.1 Å². The SMILES string of the molecule is CCCCOc1ccccc1NC(=S)NC(=O)c1ccccc1OC(C)C. The van der Waals surface area contributed by atoms with E-state index in [9.17, 15) is 4.79 Å². The third-order valence-electron chi connectivity index (χ3n) is 3.61. The molecule has 144 valence electrons. The molecule has 0 bridgehead atoms. The van der Waals surface area contributed by atoms with Gasteiger partial charge in [0.2, 0.25) is 0 Å². The van der Waals surface area contributed by atoms with E-state index in [1.54, 1.807) is 18.2 Å². The number of unbranched alkanes of at least 4 members (excludes halogenated alkanes) is 1. The molecule has 2 rings (SSSR count). The Bertz CT molecular complexity index is 778. The summed E-state index contributed by atoms with van der Waals surface area (Å²) >= 11 is 5.30. The van der Waals surface area contributed by atoms with Crippen molar-refractivity contribution in [2.75, 3.05) is 11.9 Å². The first kappa shape index (κ1) is 20.7. The van der Waals surface area contributed by atoms with Crippen LogP contribution in [0, 0.1) is 0 Å². The quantitative estimate of drug-likeness (QED) is 0.505. The van der Waals surface area contributed by atoms with Crippen LogP contribution in [0.15, 0.2) is 48.5 Å². The van der Waals surface area contributed by atoms with Crippen LogP contribution in [-0.4, -0.2) is 23.7 Å². The van der Waals surface area contributed by atoms with Crippen LogP contribution >= 0.6 is 12.2 Å². The van der Waals surface area contributed by atoms with Gasteiger partial charge >= 0.3 is 0 Å². The molecule has 0 spiro atoms. The summed E-state index contributed by atoms with van der Waals surface area (Å²) < 4.78 is 11.5. The van der Waals surface area contributed by atoms with E-state index >= 15 is 0 Å². The van der Waals surface area contributed by atoms with Crippen molar-refractivity contribution in [3.63, 3.8) is 0 Å². The molecule has 2 aromatic rings. The van der Waals surface area contributed by atoms with Gasteiger partial charge in [0.05, 0.1) is 24.0 Å². The number of nitrogens with one attached hydrogen (secondary N) is 2. The minimum Gasteiger partial charge on any atom is -0.491 e. The summed E-state index contributed by atoms with van der Waals surface area (Å²) in [6.07, 6.45) is 2.00. The van der Waals surface area contributed by atoms with E-state index in [-0.39, 0.29) is 17.1 Å². The Labute approximate surface area is 166 Å². The van der Waals surface area contributed by atoms with Gasteiger partial charge < -0.3 is 14.8 Å². The number of carbonyl (C=O) groups excluding carboxylic acids is 1. The number of thiocarbonyl (C=S) groups is 1. The van der Waals surface area contributed by atoms with Gasteiger partial charge in [-0.05, 0) is 56.8 Å². The van der Waals surface area contributed by atoms with Gasteiger partial charge in [0.25, 0.3) is 5.91 Å². The van der Waals surface area contributed by atoms with Gasteiger partial charge in [-0.1, -0.05) is 37.6 Å². The molecule has 0 saturated heterocycles. The van der Waals surface area contributed by atoms with Gasteiger partial charge in [-0.25, -0.2) is 0 Å². The third-order valence-corrected chi connectivity index (χ3v) is 3.82. The molecular formula is C21H26N2O3S. The molecule has 0 saturated carbocycles. The zero-order chi connectivity index (χ0) is 19.6. The highest BCUT2D eigenvalue weighted by molar-refractivity contribution is 7.80. The van der Waals surface area contributed by atoms with Gasteiger partial charge in [0.15, 0.2) is 5.11 Å². The first-order valence-electron chi connectivity index (χ1n) is 9.11. The van der Waals surface area contributed by atoms with E-state index in [0.29, 0.717) is 29.4 Å². The van der Waals surface area contributed by atoms with Crippen LogP contribution in [0.25, 0.3) is 0 Å². The summed E-state index contributed by atoms with van der Waals surface area (Å²) in [5.74, 6) is 0.898. The van der Waals surface area contributed by atoms with Crippen molar-refractivity contribution in [2.24, 2.45) is 0 Å². The Hall–Kier alpha value is -2.60. The standard InChI is InChI=1S/C21H26N2O3S/c1-4-5-14-25-19-13-9-7-11-17(19)22-21(27)23-20(24)16-10-6-8-12-18(16)26-15(2)3/h6-13,15H,4-5,14H2,1-3H3,(H2,22,23,24,27). The topological polar surface area (TPSA) is 59.6 Å². The highest BCUT2D eigenvalue weighted by atomic mass is 32.1. The van der Waals surface area contributed by atoms with E-state index in [0.717, 1.165) is 12.8 Å². The number of amides is 1. The smallest absolute Gasteiger partial charge is 0.261 e. The molecule has 27 heavy (non-hydrogen) atoms. The first-order valence-corrected chi connectivity index (χ1v) is 9.52. The second-order valence-corrected chi connectivity index (χ2v) is 6.68. The first-order chi connectivity index (χ1) is 13.0. The van der Waals surface area contributed by atoms with E-state index in [2.05, 4.69) is 17.6 Å². The lowest BCUT2D eigenvalue weighted by molar-refractivity contribution is 0.0972. The van der Waals surface area contributed by atoms with Crippen molar-refractivity contribution < 1.29 is 14.3 Å². The molecule has 0 atom stereocenters. The van der Waals surface area contributed by atoms with Crippen molar-refractivity contribution >= 4 is 28.9 Å². The molecule has 6 heteroatoms. The molecule has 2 N–H and O–H groups in total. The van der Waals surface area contributed by atoms with E-state index in [1.807, 2.05) is 44.2 Å². The lowest BCUT2D eigenvalue weighted by atomic mass is 10.2. The molecule has 0 aliphatic carbocycles. The molecule has 0 fully saturated rings. The van der Waals surface area contributed by atoms with Crippen LogP contribution in [0.5, 0.6) is 11.5 Å². The lowest BCUT2D eigenvalue weighted by Gasteiger charge is -2.16. The number of carbonyl (C=O) groups is 1. The molecular weight excluding hydrogens is 360 g/mol. The normalized spacial score (nSPS) is 10.4. The maximum atomic E-state index is 12.6. The monoisotopic (exact) mass is 386 g/mol. The van der Waals surface area contributed by atoms with Crippen molar-refractivity contribution in [3.05, 3.63) is 54.1 Å². The maximum Gasteiger partial charge on any atom is 0.261 e. The zero-order valence-electron chi connectivity index (χ0n) is 16.0. The average Bonchev–Trinajstić information content (AvgIpc) is 2.63. The molecule has 0 aromatic heterocycles. The molecule has 0 aliphatic heterocycles. The number of benzene rings is 2. The largest absolute Gasteiger partial charge is 0.491 e. The van der Waals surface area contributed by atoms with Crippen molar-refractivity contribution in [1.29, 1.82) is 0 Å². The van der Waals surface area contributed by atoms with Crippen LogP contribution in [0.3, 0.4) is 0 Å². The van der Waals surface area contributed by atoms with Gasteiger partial charge in [-0.2, -0.15) is 0 Å². The summed E-state index contributed by atoms with van der Waals surface area (Å²) in [7, 11) is 0. The minimum absolute atomic E-state index is 0.0313. The average molecular weight is 387 g/mol. The van der Waals surface area contributed by atoms with Crippen molar-refractivity contribution in [2.45, 2.75) is 39.7 Å². The molecule has 0 unspecified atom stereocenters. The number of anilines is 1. The van der Waals surface area contributed by atoms with Gasteiger partial charge in [0.1, 0.15) is 11.5 Å². The third kappa shape index (κ3) is 6.57. The molecule has 2 aromatic carbocycles. The summed E-state index contributed by atoms with van der Waals surface area (Å²) in [5, 5.41) is 5.93. The molecule has 1 amide bonds. The van der Waals surface area contributed by atoms with Gasteiger partial charge in [0, 0.05) is 0 Å². The number of para-hydroxylation sites is 3. The second-order valence-electron chi connectivity index (χ2n) is 6.27. The number of hydrogen-bond donors (Lipinski definition) is 2. The van der Waals surface area contributed by atoms with Crippen LogP contribution in [0.4, 0.5) is 5.69 Å². The Morgan fingerprint density at radius 2 is 1.74 bits per heavy atom. The van der Waals surface area contributed by atoms with Gasteiger partial charge in [-0.15, -0.1) is 0 Å². The van der Waals surface area contributed by atoms with Crippen LogP contribution in [0.2, 0.25) is 0 Å². The van der Waals surface area contributed by atoms with Crippen LogP contribution in [-0.2, 0) is 0 Å². The fraction of sp³-hybridized carbons (Fsp3) is 0.333. The van der Waals surface area contributed by atoms with E-state index in [4.69, 9.17) is 21.7 Å². The maximum absolute atomic E-state index is 12.6. The Balaban J connectivity index is 2.03. The lowest BCUT2D eigenvalue weighted by Crippen LogP contribution is -2.34. The fourth-order valence-corrected chi connectivity index (χ4v) is 2.56. The predicted molar refractivity (Wildman–Crippen MR) is 113 cm³/mol. The molecule has 0 heterocycles. The molecule has 5 nitrogen and oxygen atoms in total. The minimum atomic E-state index is -0.326. The molecule has 0 aliphatic rings. The number of ether oxygens (including phenoxy) is 2. The zero-order valence-corrected chi connectivity index (χ0v) is 16.8. The number of hydrogen-bond acceptors (Lipinski definition) is 4. The Kier molecular flexibility index (Phi) is 8.07. The van der Waals surface area contributed by atoms with E-state index < -0.39 is 0 Å². The predicted octanol–water partition coefficient (Wildman–Crippen LogP) is 4.78. The highest BCUT2D eigenvalue weighted by Gasteiger charge is 2.15. The second kappa shape index (κ2) is 10.5. The molecule has 0 radical (unpaired) electrons. The van der Waals surface area contributed by atoms with Crippen LogP contribution < -0.4 is 20.1 Å². The highest BCUT2D eigenvalue weighted by Crippen LogP contribution is 2.24. The Morgan fingerprint density at radius 3 is 2.44 bits per heavy atom. The summed E-state index contributed by atoms with van der Waals surface area (Å²) in [5.41, 5.74) is 1.15. The van der Waals surface area contributed by atoms with Crippen molar-refractivity contribution in [3.8, 4) is 11.5 Å². The van der Waals surface area contributed by atoms with Crippen molar-refractivity contribution in [1.82, 2.24) is 5.32 Å². The summed E-state index contributed by atoms with van der Waals surface area (Å²) in [6, 6.07) is 14.6.